The molecule has 0 saturated heterocycles. The molecule has 0 bridgehead atoms. The highest BCUT2D eigenvalue weighted by Gasteiger charge is 1.95. The van der Waals surface area contributed by atoms with Crippen molar-refractivity contribution in [1.82, 2.24) is 0 Å². The first-order valence-electron chi connectivity index (χ1n) is 6.01. The standard InChI is InChI=1S/C16H15BrN2/c1-19(16-10-6-3-7-11-16)18-13-15(17)12-14-8-4-2-5-9-14/h2-13H,1H3/b15-12-,18-13+. The zero-order valence-corrected chi connectivity index (χ0v) is 12.3. The SMILES string of the molecule is CN(/N=C/C(Br)=C/c1ccccc1)c1ccccc1. The smallest absolute Gasteiger partial charge is 0.0617 e. The molecule has 3 heteroatoms. The lowest BCUT2D eigenvalue weighted by molar-refractivity contribution is 1.03. The highest BCUT2D eigenvalue weighted by atomic mass is 79.9. The Morgan fingerprint density at radius 3 is 2.21 bits per heavy atom. The van der Waals surface area contributed by atoms with Crippen LogP contribution in [0.3, 0.4) is 0 Å². The predicted octanol–water partition coefficient (Wildman–Crippen LogP) is 4.54. The predicted molar refractivity (Wildman–Crippen MR) is 86.7 cm³/mol. The quantitative estimate of drug-likeness (QED) is 0.597. The summed E-state index contributed by atoms with van der Waals surface area (Å²) in [5.74, 6) is 0. The molecule has 0 unspecified atom stereocenters. The Balaban J connectivity index is 2.04. The molecule has 0 N–H and O–H groups in total. The fraction of sp³-hybridized carbons (Fsp3) is 0.0625. The molecule has 0 atom stereocenters. The van der Waals surface area contributed by atoms with Gasteiger partial charge in [0.2, 0.25) is 0 Å². The third-order valence-corrected chi connectivity index (χ3v) is 3.02. The van der Waals surface area contributed by atoms with Gasteiger partial charge in [-0.15, -0.1) is 0 Å². The highest BCUT2D eigenvalue weighted by molar-refractivity contribution is 9.12. The molecule has 0 heterocycles. The number of hydrazone groups is 1. The molecule has 2 aromatic carbocycles. The van der Waals surface area contributed by atoms with Crippen molar-refractivity contribution in [3.63, 3.8) is 0 Å². The summed E-state index contributed by atoms with van der Waals surface area (Å²) >= 11 is 3.50. The van der Waals surface area contributed by atoms with Crippen molar-refractivity contribution in [2.45, 2.75) is 0 Å². The van der Waals surface area contributed by atoms with E-state index < -0.39 is 0 Å². The van der Waals surface area contributed by atoms with Crippen LogP contribution in [0, 0.1) is 0 Å². The van der Waals surface area contributed by atoms with Crippen LogP contribution in [-0.2, 0) is 0 Å². The van der Waals surface area contributed by atoms with Crippen LogP contribution in [0.15, 0.2) is 70.2 Å². The van der Waals surface area contributed by atoms with Gasteiger partial charge in [-0.1, -0.05) is 48.5 Å². The van der Waals surface area contributed by atoms with E-state index in [2.05, 4.69) is 33.2 Å². The van der Waals surface area contributed by atoms with Crippen molar-refractivity contribution in [2.24, 2.45) is 5.10 Å². The Bertz CT molecular complexity index is 562. The molecule has 2 rings (SSSR count). The lowest BCUT2D eigenvalue weighted by atomic mass is 10.2. The number of para-hydroxylation sites is 1. The molecule has 0 saturated carbocycles. The second-order valence-corrected chi connectivity index (χ2v) is 4.96. The summed E-state index contributed by atoms with van der Waals surface area (Å²) < 4.78 is 0.932. The molecule has 0 aliphatic heterocycles. The van der Waals surface area contributed by atoms with Crippen molar-refractivity contribution in [1.29, 1.82) is 0 Å². The Hall–Kier alpha value is -1.87. The molecule has 2 aromatic rings. The van der Waals surface area contributed by atoms with Gasteiger partial charge in [-0.25, -0.2) is 0 Å². The fourth-order valence-corrected chi connectivity index (χ4v) is 1.95. The van der Waals surface area contributed by atoms with Crippen LogP contribution in [0.4, 0.5) is 5.69 Å². The number of rotatable bonds is 4. The van der Waals surface area contributed by atoms with Crippen LogP contribution in [0.5, 0.6) is 0 Å². The molecule has 0 aliphatic rings. The van der Waals surface area contributed by atoms with Crippen molar-refractivity contribution in [2.75, 3.05) is 12.1 Å². The maximum Gasteiger partial charge on any atom is 0.0617 e. The number of hydrogen-bond donors (Lipinski definition) is 0. The molecule has 19 heavy (non-hydrogen) atoms. The molecule has 96 valence electrons. The number of benzene rings is 2. The minimum absolute atomic E-state index is 0.932. The monoisotopic (exact) mass is 314 g/mol. The number of anilines is 1. The van der Waals surface area contributed by atoms with Gasteiger partial charge in [0.05, 0.1) is 11.9 Å². The summed E-state index contributed by atoms with van der Waals surface area (Å²) in [5, 5.41) is 6.22. The minimum Gasteiger partial charge on any atom is -0.269 e. The summed E-state index contributed by atoms with van der Waals surface area (Å²) in [7, 11) is 1.93. The number of halogens is 1. The molecule has 2 nitrogen and oxygen atoms in total. The normalized spacial score (nSPS) is 11.8. The summed E-state index contributed by atoms with van der Waals surface area (Å²) in [5.41, 5.74) is 2.20. The number of nitrogens with zero attached hydrogens (tertiary/aromatic N) is 2. The van der Waals surface area contributed by atoms with E-state index >= 15 is 0 Å². The third-order valence-electron chi connectivity index (χ3n) is 2.59. The van der Waals surface area contributed by atoms with Crippen LogP contribution in [0.1, 0.15) is 5.56 Å². The first-order valence-corrected chi connectivity index (χ1v) is 6.80. The first kappa shape index (κ1) is 13.6. The Morgan fingerprint density at radius 2 is 1.58 bits per heavy atom. The van der Waals surface area contributed by atoms with Gasteiger partial charge in [-0.3, -0.25) is 5.01 Å². The van der Waals surface area contributed by atoms with Crippen LogP contribution < -0.4 is 5.01 Å². The average molecular weight is 315 g/mol. The lowest BCUT2D eigenvalue weighted by Gasteiger charge is -2.11. The largest absolute Gasteiger partial charge is 0.269 e. The van der Waals surface area contributed by atoms with E-state index in [1.165, 1.54) is 0 Å². The van der Waals surface area contributed by atoms with Crippen molar-refractivity contribution in [3.8, 4) is 0 Å². The van der Waals surface area contributed by atoms with E-state index in [9.17, 15) is 0 Å². The van der Waals surface area contributed by atoms with E-state index in [4.69, 9.17) is 0 Å². The van der Waals surface area contributed by atoms with E-state index in [1.54, 1.807) is 6.21 Å². The van der Waals surface area contributed by atoms with E-state index in [1.807, 2.05) is 66.7 Å². The summed E-state index contributed by atoms with van der Waals surface area (Å²) in [6.07, 6.45) is 3.82. The molecule has 0 fully saturated rings. The van der Waals surface area contributed by atoms with Crippen LogP contribution >= 0.6 is 15.9 Å². The fourth-order valence-electron chi connectivity index (χ4n) is 1.60. The third kappa shape index (κ3) is 4.38. The lowest BCUT2D eigenvalue weighted by Crippen LogP contribution is -2.08. The van der Waals surface area contributed by atoms with E-state index in [-0.39, 0.29) is 0 Å². The second-order valence-electron chi connectivity index (χ2n) is 4.04. The van der Waals surface area contributed by atoms with Crippen LogP contribution in [0.25, 0.3) is 6.08 Å². The van der Waals surface area contributed by atoms with Gasteiger partial charge in [-0.2, -0.15) is 5.10 Å². The van der Waals surface area contributed by atoms with E-state index in [0.717, 1.165) is 15.7 Å². The number of allylic oxidation sites excluding steroid dienone is 1. The van der Waals surface area contributed by atoms with Gasteiger partial charge in [0.25, 0.3) is 0 Å². The Labute approximate surface area is 122 Å². The summed E-state index contributed by atoms with van der Waals surface area (Å²) in [6.45, 7) is 0. The van der Waals surface area contributed by atoms with Crippen LogP contribution in [-0.4, -0.2) is 13.3 Å². The molecule has 0 aliphatic carbocycles. The van der Waals surface area contributed by atoms with Crippen molar-refractivity contribution < 1.29 is 0 Å². The zero-order chi connectivity index (χ0) is 13.5. The Morgan fingerprint density at radius 1 is 1.00 bits per heavy atom. The van der Waals surface area contributed by atoms with Gasteiger partial charge >= 0.3 is 0 Å². The highest BCUT2D eigenvalue weighted by Crippen LogP contribution is 2.13. The molecule has 0 spiro atoms. The van der Waals surface area contributed by atoms with Crippen LogP contribution in [0.2, 0.25) is 0 Å². The number of hydrogen-bond acceptors (Lipinski definition) is 2. The van der Waals surface area contributed by atoms with Crippen molar-refractivity contribution >= 4 is 33.9 Å². The maximum atomic E-state index is 4.38. The molecule has 0 aromatic heterocycles. The molecular weight excluding hydrogens is 300 g/mol. The molecule has 0 radical (unpaired) electrons. The van der Waals surface area contributed by atoms with Gasteiger partial charge in [0, 0.05) is 11.5 Å². The van der Waals surface area contributed by atoms with Gasteiger partial charge in [-0.05, 0) is 39.7 Å². The minimum atomic E-state index is 0.932. The van der Waals surface area contributed by atoms with Crippen molar-refractivity contribution in [3.05, 3.63) is 70.7 Å². The van der Waals surface area contributed by atoms with Gasteiger partial charge in [0.15, 0.2) is 0 Å². The molecule has 0 amide bonds. The summed E-state index contributed by atoms with van der Waals surface area (Å²) in [4.78, 5) is 0. The van der Waals surface area contributed by atoms with E-state index in [0.29, 0.717) is 0 Å². The first-order chi connectivity index (χ1) is 9.25. The van der Waals surface area contributed by atoms with Gasteiger partial charge < -0.3 is 0 Å². The topological polar surface area (TPSA) is 15.6 Å². The van der Waals surface area contributed by atoms with Gasteiger partial charge in [0.1, 0.15) is 0 Å². The Kier molecular flexibility index (Phi) is 4.93. The maximum absolute atomic E-state index is 4.38. The average Bonchev–Trinajstić information content (AvgIpc) is 2.47. The molecular formula is C16H15BrN2. The zero-order valence-electron chi connectivity index (χ0n) is 10.7. The second kappa shape index (κ2) is 6.90. The summed E-state index contributed by atoms with van der Waals surface area (Å²) in [6, 6.07) is 20.2.